The number of fused-ring (bicyclic) bond motifs is 1. The van der Waals surface area contributed by atoms with Crippen molar-refractivity contribution in [3.05, 3.63) is 46.2 Å². The summed E-state index contributed by atoms with van der Waals surface area (Å²) in [5.74, 6) is 0. The van der Waals surface area contributed by atoms with Gasteiger partial charge in [0.2, 0.25) is 0 Å². The van der Waals surface area contributed by atoms with Crippen molar-refractivity contribution in [2.24, 2.45) is 5.41 Å². The molecule has 0 saturated carbocycles. The van der Waals surface area contributed by atoms with Gasteiger partial charge in [-0.1, -0.05) is 32.0 Å². The molecule has 1 aromatic heterocycles. The van der Waals surface area contributed by atoms with E-state index >= 15 is 0 Å². The second-order valence-electron chi connectivity index (χ2n) is 5.97. The van der Waals surface area contributed by atoms with Crippen LogP contribution in [-0.2, 0) is 6.42 Å². The van der Waals surface area contributed by atoms with Crippen LogP contribution in [-0.4, -0.2) is 11.2 Å². The van der Waals surface area contributed by atoms with E-state index in [9.17, 15) is 4.79 Å². The van der Waals surface area contributed by atoms with Crippen molar-refractivity contribution in [1.29, 1.82) is 0 Å². The molecule has 3 nitrogen and oxygen atoms in total. The number of benzene rings is 1. The van der Waals surface area contributed by atoms with Crippen molar-refractivity contribution in [3.8, 4) is 11.1 Å². The fourth-order valence-corrected chi connectivity index (χ4v) is 3.72. The largest absolute Gasteiger partial charge is 0.465 e. The van der Waals surface area contributed by atoms with E-state index in [1.165, 1.54) is 16.7 Å². The zero-order chi connectivity index (χ0) is 14.3. The Labute approximate surface area is 122 Å². The summed E-state index contributed by atoms with van der Waals surface area (Å²) in [5, 5.41) is 15.9. The van der Waals surface area contributed by atoms with Crippen LogP contribution in [0.1, 0.15) is 31.0 Å². The topological polar surface area (TPSA) is 49.3 Å². The van der Waals surface area contributed by atoms with E-state index < -0.39 is 6.09 Å². The minimum atomic E-state index is -0.960. The van der Waals surface area contributed by atoms with Gasteiger partial charge in [-0.2, -0.15) is 11.3 Å². The van der Waals surface area contributed by atoms with Crippen LogP contribution < -0.4 is 5.32 Å². The van der Waals surface area contributed by atoms with Crippen LogP contribution in [0.5, 0.6) is 0 Å². The lowest BCUT2D eigenvalue weighted by Crippen LogP contribution is -2.34. The number of nitrogens with one attached hydrogen (secondary N) is 1. The van der Waals surface area contributed by atoms with Gasteiger partial charge in [0.1, 0.15) is 0 Å². The molecule has 0 fully saturated rings. The molecular weight excluding hydrogens is 270 g/mol. The number of hydrogen-bond acceptors (Lipinski definition) is 2. The molecule has 20 heavy (non-hydrogen) atoms. The Hall–Kier alpha value is -1.81. The van der Waals surface area contributed by atoms with Crippen molar-refractivity contribution < 1.29 is 9.90 Å². The number of rotatable bonds is 2. The van der Waals surface area contributed by atoms with Crippen LogP contribution >= 0.6 is 11.3 Å². The fraction of sp³-hybridized carbons (Fsp3) is 0.312. The Kier molecular flexibility index (Phi) is 3.05. The van der Waals surface area contributed by atoms with Crippen LogP contribution in [0.25, 0.3) is 11.1 Å². The third kappa shape index (κ3) is 2.20. The van der Waals surface area contributed by atoms with E-state index in [4.69, 9.17) is 5.11 Å². The van der Waals surface area contributed by atoms with Crippen LogP contribution in [0.2, 0.25) is 0 Å². The molecule has 0 bridgehead atoms. The van der Waals surface area contributed by atoms with Gasteiger partial charge in [0.25, 0.3) is 0 Å². The molecule has 104 valence electrons. The van der Waals surface area contributed by atoms with E-state index in [1.807, 2.05) is 0 Å². The maximum atomic E-state index is 11.0. The van der Waals surface area contributed by atoms with Crippen molar-refractivity contribution >= 4 is 17.4 Å². The molecule has 1 aromatic carbocycles. The second kappa shape index (κ2) is 4.63. The van der Waals surface area contributed by atoms with Crippen LogP contribution in [0, 0.1) is 5.41 Å². The van der Waals surface area contributed by atoms with Gasteiger partial charge in [-0.25, -0.2) is 4.79 Å². The Morgan fingerprint density at radius 2 is 2.15 bits per heavy atom. The van der Waals surface area contributed by atoms with Gasteiger partial charge in [0.05, 0.1) is 6.04 Å². The molecule has 0 aliphatic heterocycles. The molecule has 2 aromatic rings. The third-order valence-electron chi connectivity index (χ3n) is 4.00. The Balaban J connectivity index is 2.01. The predicted molar refractivity (Wildman–Crippen MR) is 81.1 cm³/mol. The van der Waals surface area contributed by atoms with E-state index in [-0.39, 0.29) is 11.5 Å². The molecule has 0 saturated heterocycles. The molecule has 1 amide bonds. The summed E-state index contributed by atoms with van der Waals surface area (Å²) in [5.41, 5.74) is 4.70. The first-order chi connectivity index (χ1) is 9.47. The van der Waals surface area contributed by atoms with Crippen LogP contribution in [0.15, 0.2) is 35.0 Å². The van der Waals surface area contributed by atoms with Gasteiger partial charge < -0.3 is 10.4 Å². The van der Waals surface area contributed by atoms with Gasteiger partial charge in [-0.15, -0.1) is 0 Å². The molecule has 1 unspecified atom stereocenters. The minimum Gasteiger partial charge on any atom is -0.465 e. The number of carboxylic acid groups (broad SMARTS) is 1. The maximum absolute atomic E-state index is 11.0. The van der Waals surface area contributed by atoms with Gasteiger partial charge in [-0.05, 0) is 50.9 Å². The quantitative estimate of drug-likeness (QED) is 0.865. The molecule has 3 rings (SSSR count). The highest BCUT2D eigenvalue weighted by Crippen LogP contribution is 2.46. The first-order valence-electron chi connectivity index (χ1n) is 6.62. The Morgan fingerprint density at radius 1 is 1.35 bits per heavy atom. The van der Waals surface area contributed by atoms with Crippen molar-refractivity contribution in [2.45, 2.75) is 26.3 Å². The summed E-state index contributed by atoms with van der Waals surface area (Å²) in [7, 11) is 0. The first kappa shape index (κ1) is 13.2. The molecule has 4 heteroatoms. The first-order valence-corrected chi connectivity index (χ1v) is 7.56. The average Bonchev–Trinajstić information content (AvgIpc) is 2.95. The summed E-state index contributed by atoms with van der Waals surface area (Å²) in [6, 6.07) is 8.32. The third-order valence-corrected chi connectivity index (χ3v) is 4.69. The molecule has 1 aliphatic rings. The number of carbonyl (C=O) groups is 1. The normalized spacial score (nSPS) is 19.6. The zero-order valence-corrected chi connectivity index (χ0v) is 12.3. The molecule has 1 aliphatic carbocycles. The van der Waals surface area contributed by atoms with Crippen molar-refractivity contribution in [1.82, 2.24) is 5.32 Å². The maximum Gasteiger partial charge on any atom is 0.405 e. The van der Waals surface area contributed by atoms with Crippen LogP contribution in [0.4, 0.5) is 4.79 Å². The Bertz CT molecular complexity index is 647. The van der Waals surface area contributed by atoms with Crippen LogP contribution in [0.3, 0.4) is 0 Å². The summed E-state index contributed by atoms with van der Waals surface area (Å²) in [6.07, 6.45) is -0.0662. The van der Waals surface area contributed by atoms with Crippen molar-refractivity contribution in [3.63, 3.8) is 0 Å². The van der Waals surface area contributed by atoms with Gasteiger partial charge in [-0.3, -0.25) is 0 Å². The summed E-state index contributed by atoms with van der Waals surface area (Å²) >= 11 is 1.69. The fourth-order valence-electron chi connectivity index (χ4n) is 3.06. The lowest BCUT2D eigenvalue weighted by Gasteiger charge is -2.27. The molecule has 2 N–H and O–H groups in total. The van der Waals surface area contributed by atoms with E-state index in [1.54, 1.807) is 11.3 Å². The highest BCUT2D eigenvalue weighted by atomic mass is 32.1. The molecule has 0 radical (unpaired) electrons. The highest BCUT2D eigenvalue weighted by molar-refractivity contribution is 7.08. The summed E-state index contributed by atoms with van der Waals surface area (Å²) in [6.45, 7) is 4.22. The Morgan fingerprint density at radius 3 is 2.80 bits per heavy atom. The number of amides is 1. The van der Waals surface area contributed by atoms with Crippen molar-refractivity contribution in [2.75, 3.05) is 0 Å². The number of thiophene rings is 1. The van der Waals surface area contributed by atoms with E-state index in [0.717, 1.165) is 12.0 Å². The predicted octanol–water partition coefficient (Wildman–Crippen LogP) is 4.31. The van der Waals surface area contributed by atoms with Gasteiger partial charge >= 0.3 is 6.09 Å². The van der Waals surface area contributed by atoms with Gasteiger partial charge in [0.15, 0.2) is 0 Å². The standard InChI is InChI=1S/C16H17NO2S/c1-16(2)8-12-7-10(11-5-6-20-9-11)3-4-13(12)14(16)17-15(18)19/h3-7,9,14,17H,8H2,1-2H3,(H,18,19). The smallest absolute Gasteiger partial charge is 0.405 e. The SMILES string of the molecule is CC1(C)Cc2cc(-c3ccsc3)ccc2C1NC(=O)O. The zero-order valence-electron chi connectivity index (χ0n) is 11.5. The minimum absolute atomic E-state index is 0.0893. The lowest BCUT2D eigenvalue weighted by atomic mass is 9.85. The van der Waals surface area contributed by atoms with Gasteiger partial charge in [0, 0.05) is 0 Å². The monoisotopic (exact) mass is 287 g/mol. The molecule has 1 heterocycles. The van der Waals surface area contributed by atoms with E-state index in [2.05, 4.69) is 54.2 Å². The molecule has 1 atom stereocenters. The summed E-state index contributed by atoms with van der Waals surface area (Å²) < 4.78 is 0. The molecular formula is C16H17NO2S. The number of hydrogen-bond donors (Lipinski definition) is 2. The summed E-state index contributed by atoms with van der Waals surface area (Å²) in [4.78, 5) is 11.0. The lowest BCUT2D eigenvalue weighted by molar-refractivity contribution is 0.175. The molecule has 0 spiro atoms. The second-order valence-corrected chi connectivity index (χ2v) is 6.75. The van der Waals surface area contributed by atoms with E-state index in [0.29, 0.717) is 0 Å². The highest BCUT2D eigenvalue weighted by Gasteiger charge is 2.39. The average molecular weight is 287 g/mol.